The molecule has 0 heterocycles. The predicted octanol–water partition coefficient (Wildman–Crippen LogP) is 1.76. The third-order valence-corrected chi connectivity index (χ3v) is 4.39. The average molecular weight is 436 g/mol. The molecule has 0 aliphatic heterocycles. The minimum absolute atomic E-state index is 0.0757. The average Bonchev–Trinajstić information content (AvgIpc) is 2.73. The molecule has 0 spiro atoms. The summed E-state index contributed by atoms with van der Waals surface area (Å²) in [6, 6.07) is 7.48. The Hall–Kier alpha value is -3.10. The van der Waals surface area contributed by atoms with Crippen molar-refractivity contribution < 1.29 is 28.7 Å². The molecule has 0 aromatic heterocycles. The summed E-state index contributed by atoms with van der Waals surface area (Å²) in [6.07, 6.45) is -0.319. The molecule has 3 N–H and O–H groups in total. The number of ether oxygens (including phenoxy) is 2. The monoisotopic (exact) mass is 435 g/mol. The van der Waals surface area contributed by atoms with Gasteiger partial charge in [-0.05, 0) is 23.8 Å². The first-order valence-electron chi connectivity index (χ1n) is 10.3. The lowest BCUT2D eigenvalue weighted by molar-refractivity contribution is -0.145. The quantitative estimate of drug-likeness (QED) is 0.455. The molecule has 9 heteroatoms. The van der Waals surface area contributed by atoms with Crippen LogP contribution in [0.2, 0.25) is 0 Å². The smallest absolute Gasteiger partial charge is 0.408 e. The second-order valence-electron chi connectivity index (χ2n) is 7.92. The highest BCUT2D eigenvalue weighted by Crippen LogP contribution is 2.07. The molecule has 1 aromatic carbocycles. The molecule has 1 rings (SSSR count). The number of rotatable bonds is 11. The number of hydrogen-bond donors (Lipinski definition) is 3. The predicted molar refractivity (Wildman–Crippen MR) is 115 cm³/mol. The number of benzene rings is 1. The Bertz CT molecular complexity index is 736. The zero-order valence-electron chi connectivity index (χ0n) is 18.8. The first kappa shape index (κ1) is 25.9. The Morgan fingerprint density at radius 3 is 2.16 bits per heavy atom. The van der Waals surface area contributed by atoms with Gasteiger partial charge in [0.2, 0.25) is 11.8 Å². The molecule has 31 heavy (non-hydrogen) atoms. The van der Waals surface area contributed by atoms with Crippen molar-refractivity contribution in [2.75, 3.05) is 13.7 Å². The van der Waals surface area contributed by atoms with Crippen molar-refractivity contribution in [3.63, 3.8) is 0 Å². The van der Waals surface area contributed by atoms with Crippen molar-refractivity contribution in [1.82, 2.24) is 16.0 Å². The lowest BCUT2D eigenvalue weighted by Gasteiger charge is -2.22. The van der Waals surface area contributed by atoms with E-state index >= 15 is 0 Å². The minimum atomic E-state index is -0.886. The summed E-state index contributed by atoms with van der Waals surface area (Å²) < 4.78 is 9.86. The molecule has 2 atom stereocenters. The van der Waals surface area contributed by atoms with Crippen LogP contribution in [-0.4, -0.2) is 49.6 Å². The van der Waals surface area contributed by atoms with E-state index in [4.69, 9.17) is 9.47 Å². The molecule has 0 bridgehead atoms. The number of alkyl carbamates (subject to hydrolysis) is 1. The lowest BCUT2D eigenvalue weighted by atomic mass is 10.0. The molecule has 1 aromatic rings. The van der Waals surface area contributed by atoms with E-state index in [-0.39, 0.29) is 25.0 Å². The molecule has 0 saturated heterocycles. The van der Waals surface area contributed by atoms with E-state index in [0.717, 1.165) is 5.56 Å². The summed E-state index contributed by atoms with van der Waals surface area (Å²) in [6.45, 7) is 7.09. The van der Waals surface area contributed by atoms with Crippen LogP contribution in [0.3, 0.4) is 0 Å². The van der Waals surface area contributed by atoms with Gasteiger partial charge < -0.3 is 25.4 Å². The number of hydrogen-bond acceptors (Lipinski definition) is 6. The summed E-state index contributed by atoms with van der Waals surface area (Å²) in [4.78, 5) is 48.6. The number of carbonyl (C=O) groups is 4. The van der Waals surface area contributed by atoms with E-state index in [1.54, 1.807) is 13.8 Å². The maximum atomic E-state index is 12.5. The van der Waals surface area contributed by atoms with Crippen LogP contribution in [0, 0.1) is 11.8 Å². The van der Waals surface area contributed by atoms with E-state index in [1.807, 2.05) is 44.2 Å². The van der Waals surface area contributed by atoms with Gasteiger partial charge in [-0.15, -0.1) is 0 Å². The number of carbonyl (C=O) groups excluding carboxylic acids is 4. The highest BCUT2D eigenvalue weighted by molar-refractivity contribution is 5.91. The number of methoxy groups -OCH3 is 1. The number of esters is 1. The van der Waals surface area contributed by atoms with E-state index in [2.05, 4.69) is 16.0 Å². The third kappa shape index (κ3) is 9.97. The van der Waals surface area contributed by atoms with Crippen LogP contribution in [0.15, 0.2) is 30.3 Å². The first-order chi connectivity index (χ1) is 14.6. The fraction of sp³-hybridized carbons (Fsp3) is 0.545. The second kappa shape index (κ2) is 13.3. The highest BCUT2D eigenvalue weighted by atomic mass is 16.5. The Morgan fingerprint density at radius 2 is 1.61 bits per heavy atom. The molecule has 0 aliphatic carbocycles. The van der Waals surface area contributed by atoms with E-state index in [0.29, 0.717) is 6.42 Å². The van der Waals surface area contributed by atoms with Gasteiger partial charge in [0.05, 0.1) is 13.7 Å². The van der Waals surface area contributed by atoms with Gasteiger partial charge in [-0.3, -0.25) is 9.59 Å². The summed E-state index contributed by atoms with van der Waals surface area (Å²) in [7, 11) is 1.25. The van der Waals surface area contributed by atoms with Crippen molar-refractivity contribution in [2.24, 2.45) is 11.8 Å². The maximum absolute atomic E-state index is 12.5. The summed E-state index contributed by atoms with van der Waals surface area (Å²) in [5, 5.41) is 7.57. The van der Waals surface area contributed by atoms with Crippen LogP contribution >= 0.6 is 0 Å². The summed E-state index contributed by atoms with van der Waals surface area (Å²) in [5.41, 5.74) is 0.821. The van der Waals surface area contributed by atoms with E-state index in [1.165, 1.54) is 7.11 Å². The molecule has 3 amide bonds. The zero-order valence-corrected chi connectivity index (χ0v) is 18.8. The molecule has 172 valence electrons. The SMILES string of the molecule is COC(=O)[C@H](CC(C)C)NC(=O)CNC(=O)[C@@H](NC(=O)OCc1ccccc1)C(C)C. The molecule has 0 saturated carbocycles. The molecule has 0 fully saturated rings. The summed E-state index contributed by atoms with van der Waals surface area (Å²) in [5.74, 6) is -1.68. The lowest BCUT2D eigenvalue weighted by Crippen LogP contribution is -2.52. The van der Waals surface area contributed by atoms with Crippen LogP contribution in [0.4, 0.5) is 4.79 Å². The number of nitrogens with one attached hydrogen (secondary N) is 3. The molecule has 9 nitrogen and oxygen atoms in total. The van der Waals surface area contributed by atoms with Crippen molar-refractivity contribution in [3.05, 3.63) is 35.9 Å². The van der Waals surface area contributed by atoms with Crippen LogP contribution in [-0.2, 0) is 30.5 Å². The van der Waals surface area contributed by atoms with Gasteiger partial charge in [0.1, 0.15) is 18.7 Å². The molecule has 0 unspecified atom stereocenters. The van der Waals surface area contributed by atoms with Gasteiger partial charge in [-0.1, -0.05) is 58.0 Å². The van der Waals surface area contributed by atoms with Crippen molar-refractivity contribution >= 4 is 23.9 Å². The van der Waals surface area contributed by atoms with E-state index in [9.17, 15) is 19.2 Å². The fourth-order valence-electron chi connectivity index (χ4n) is 2.78. The molecule has 0 radical (unpaired) electrons. The molecular weight excluding hydrogens is 402 g/mol. The normalized spacial score (nSPS) is 12.6. The van der Waals surface area contributed by atoms with Crippen molar-refractivity contribution in [3.8, 4) is 0 Å². The second-order valence-corrected chi connectivity index (χ2v) is 7.92. The van der Waals surface area contributed by atoms with Crippen LogP contribution in [0.25, 0.3) is 0 Å². The van der Waals surface area contributed by atoms with Crippen molar-refractivity contribution in [1.29, 1.82) is 0 Å². The first-order valence-corrected chi connectivity index (χ1v) is 10.3. The van der Waals surface area contributed by atoms with Gasteiger partial charge in [0.15, 0.2) is 0 Å². The maximum Gasteiger partial charge on any atom is 0.408 e. The fourth-order valence-corrected chi connectivity index (χ4v) is 2.78. The largest absolute Gasteiger partial charge is 0.467 e. The standard InChI is InChI=1S/C22H33N3O6/c1-14(2)11-17(21(28)30-5)24-18(26)12-23-20(27)19(15(3)4)25-22(29)31-13-16-9-7-6-8-10-16/h6-10,14-15,17,19H,11-13H2,1-5H3,(H,23,27)(H,24,26)(H,25,29)/t17-,19-/m0/s1. The van der Waals surface area contributed by atoms with Gasteiger partial charge in [-0.2, -0.15) is 0 Å². The molecule has 0 aliphatic rings. The Kier molecular flexibility index (Phi) is 11.1. The van der Waals surface area contributed by atoms with Gasteiger partial charge in [0, 0.05) is 0 Å². The Labute approximate surface area is 183 Å². The van der Waals surface area contributed by atoms with Crippen LogP contribution in [0.5, 0.6) is 0 Å². The van der Waals surface area contributed by atoms with Gasteiger partial charge >= 0.3 is 12.1 Å². The Balaban J connectivity index is 2.55. The van der Waals surface area contributed by atoms with Crippen molar-refractivity contribution in [2.45, 2.75) is 52.8 Å². The van der Waals surface area contributed by atoms with Crippen LogP contribution < -0.4 is 16.0 Å². The number of amides is 3. The Morgan fingerprint density at radius 1 is 0.968 bits per heavy atom. The van der Waals surface area contributed by atoms with Crippen LogP contribution in [0.1, 0.15) is 39.7 Å². The minimum Gasteiger partial charge on any atom is -0.467 e. The molecular formula is C22H33N3O6. The third-order valence-electron chi connectivity index (χ3n) is 4.39. The van der Waals surface area contributed by atoms with E-state index < -0.39 is 36.0 Å². The van der Waals surface area contributed by atoms with Gasteiger partial charge in [0.25, 0.3) is 0 Å². The topological polar surface area (TPSA) is 123 Å². The summed E-state index contributed by atoms with van der Waals surface area (Å²) >= 11 is 0. The highest BCUT2D eigenvalue weighted by Gasteiger charge is 2.26. The zero-order chi connectivity index (χ0) is 23.4. The van der Waals surface area contributed by atoms with Gasteiger partial charge in [-0.25, -0.2) is 9.59 Å².